The number of hydrogen-bond donors (Lipinski definition) is 2. The summed E-state index contributed by atoms with van der Waals surface area (Å²) in [7, 11) is -2.35. The molecule has 2 aromatic rings. The minimum absolute atomic E-state index is 0.0380. The molecule has 0 aliphatic heterocycles. The molecule has 1 aliphatic carbocycles. The zero-order valence-corrected chi connectivity index (χ0v) is 14.8. The molecule has 8 heteroatoms. The Morgan fingerprint density at radius 1 is 1.24 bits per heavy atom. The topological polar surface area (TPSA) is 97.4 Å². The summed E-state index contributed by atoms with van der Waals surface area (Å²) in [6, 6.07) is 7.77. The van der Waals surface area contributed by atoms with E-state index in [4.69, 9.17) is 4.74 Å². The molecule has 1 heterocycles. The second kappa shape index (κ2) is 6.81. The number of methoxy groups -OCH3 is 1. The van der Waals surface area contributed by atoms with Gasteiger partial charge in [-0.15, -0.1) is 0 Å². The molecule has 1 saturated carbocycles. The highest BCUT2D eigenvalue weighted by Gasteiger charge is 2.30. The van der Waals surface area contributed by atoms with E-state index in [-0.39, 0.29) is 22.3 Å². The molecule has 7 nitrogen and oxygen atoms in total. The van der Waals surface area contributed by atoms with Crippen molar-refractivity contribution in [1.82, 2.24) is 9.71 Å². The second-order valence-corrected chi connectivity index (χ2v) is 7.62. The number of nitrogens with one attached hydrogen (secondary N) is 2. The van der Waals surface area contributed by atoms with Gasteiger partial charge in [-0.1, -0.05) is 6.07 Å². The highest BCUT2D eigenvalue weighted by Crippen LogP contribution is 2.28. The van der Waals surface area contributed by atoms with Crippen LogP contribution in [-0.2, 0) is 10.0 Å². The van der Waals surface area contributed by atoms with E-state index < -0.39 is 15.9 Å². The fourth-order valence-corrected chi connectivity index (χ4v) is 3.74. The average Bonchev–Trinajstić information content (AvgIpc) is 3.39. The van der Waals surface area contributed by atoms with Crippen molar-refractivity contribution in [1.29, 1.82) is 0 Å². The van der Waals surface area contributed by atoms with Crippen LogP contribution in [0.1, 0.15) is 28.8 Å². The molecule has 0 saturated heterocycles. The molecule has 25 heavy (non-hydrogen) atoms. The fourth-order valence-electron chi connectivity index (χ4n) is 2.24. The van der Waals surface area contributed by atoms with Crippen LogP contribution in [0.25, 0.3) is 0 Å². The molecular weight excluding hydrogens is 342 g/mol. The Kier molecular flexibility index (Phi) is 4.73. The van der Waals surface area contributed by atoms with E-state index in [0.29, 0.717) is 5.82 Å². The van der Waals surface area contributed by atoms with Crippen molar-refractivity contribution in [3.05, 3.63) is 47.7 Å². The number of carbonyl (C=O) groups excluding carboxylic acids is 1. The summed E-state index contributed by atoms with van der Waals surface area (Å²) in [4.78, 5) is 16.5. The van der Waals surface area contributed by atoms with Crippen LogP contribution in [0, 0.1) is 6.92 Å². The number of nitrogens with zero attached hydrogens (tertiary/aromatic N) is 1. The van der Waals surface area contributed by atoms with E-state index in [1.165, 1.54) is 25.3 Å². The number of aromatic nitrogens is 1. The maximum Gasteiger partial charge on any atom is 0.256 e. The molecule has 0 atom stereocenters. The minimum Gasteiger partial charge on any atom is -0.495 e. The number of anilines is 1. The van der Waals surface area contributed by atoms with Crippen molar-refractivity contribution >= 4 is 21.7 Å². The van der Waals surface area contributed by atoms with Gasteiger partial charge in [0.2, 0.25) is 10.0 Å². The molecule has 2 N–H and O–H groups in total. The zero-order valence-electron chi connectivity index (χ0n) is 13.9. The minimum atomic E-state index is -3.74. The number of pyridine rings is 1. The predicted molar refractivity (Wildman–Crippen MR) is 93.3 cm³/mol. The Bertz CT molecular complexity index is 891. The van der Waals surface area contributed by atoms with Crippen molar-refractivity contribution < 1.29 is 17.9 Å². The van der Waals surface area contributed by atoms with Gasteiger partial charge in [0.05, 0.1) is 7.11 Å². The SMILES string of the molecule is COc1ccc(C(=O)Nc2ccc(C)cn2)cc1S(=O)(=O)NC1CC1. The van der Waals surface area contributed by atoms with E-state index in [9.17, 15) is 13.2 Å². The van der Waals surface area contributed by atoms with Gasteiger partial charge in [0, 0.05) is 17.8 Å². The lowest BCUT2D eigenvalue weighted by atomic mass is 10.2. The van der Waals surface area contributed by atoms with Gasteiger partial charge >= 0.3 is 0 Å². The lowest BCUT2D eigenvalue weighted by Crippen LogP contribution is -2.26. The molecule has 0 radical (unpaired) electrons. The van der Waals surface area contributed by atoms with E-state index in [1.807, 2.05) is 13.0 Å². The van der Waals surface area contributed by atoms with Gasteiger partial charge < -0.3 is 10.1 Å². The van der Waals surface area contributed by atoms with Crippen LogP contribution >= 0.6 is 0 Å². The van der Waals surface area contributed by atoms with Crippen molar-refractivity contribution in [2.75, 3.05) is 12.4 Å². The Hall–Kier alpha value is -2.45. The first kappa shape index (κ1) is 17.4. The molecule has 132 valence electrons. The maximum absolute atomic E-state index is 12.5. The van der Waals surface area contributed by atoms with Crippen LogP contribution in [0.15, 0.2) is 41.4 Å². The van der Waals surface area contributed by atoms with Gasteiger partial charge in [-0.05, 0) is 49.6 Å². The van der Waals surface area contributed by atoms with Gasteiger partial charge in [-0.2, -0.15) is 0 Å². The molecular formula is C17H19N3O4S. The van der Waals surface area contributed by atoms with Crippen LogP contribution < -0.4 is 14.8 Å². The van der Waals surface area contributed by atoms with E-state index in [0.717, 1.165) is 18.4 Å². The van der Waals surface area contributed by atoms with Gasteiger partial charge in [0.15, 0.2) is 0 Å². The molecule has 1 aliphatic rings. The maximum atomic E-state index is 12.5. The average molecular weight is 361 g/mol. The summed E-state index contributed by atoms with van der Waals surface area (Å²) in [5.74, 6) is 0.145. The molecule has 1 amide bonds. The third kappa shape index (κ3) is 4.15. The van der Waals surface area contributed by atoms with Gasteiger partial charge in [0.1, 0.15) is 16.5 Å². The predicted octanol–water partition coefficient (Wildman–Crippen LogP) is 2.09. The summed E-state index contributed by atoms with van der Waals surface area (Å²) >= 11 is 0. The first-order valence-corrected chi connectivity index (χ1v) is 9.32. The number of hydrogen-bond acceptors (Lipinski definition) is 5. The second-order valence-electron chi connectivity index (χ2n) is 5.94. The van der Waals surface area contributed by atoms with Crippen molar-refractivity contribution in [3.63, 3.8) is 0 Å². The number of sulfonamides is 1. The van der Waals surface area contributed by atoms with Crippen LogP contribution in [0.2, 0.25) is 0 Å². The quantitative estimate of drug-likeness (QED) is 0.821. The number of benzene rings is 1. The number of amides is 1. The van der Waals surface area contributed by atoms with Crippen LogP contribution in [-0.4, -0.2) is 32.5 Å². The van der Waals surface area contributed by atoms with Crippen LogP contribution in [0.3, 0.4) is 0 Å². The van der Waals surface area contributed by atoms with E-state index in [2.05, 4.69) is 15.0 Å². The fraction of sp³-hybridized carbons (Fsp3) is 0.294. The van der Waals surface area contributed by atoms with Gasteiger partial charge in [-0.25, -0.2) is 18.1 Å². The molecule has 0 bridgehead atoms. The van der Waals surface area contributed by atoms with E-state index >= 15 is 0 Å². The first-order valence-electron chi connectivity index (χ1n) is 7.83. The summed E-state index contributed by atoms with van der Waals surface area (Å²) in [6.07, 6.45) is 3.28. The number of ether oxygens (including phenoxy) is 1. The summed E-state index contributed by atoms with van der Waals surface area (Å²) in [5.41, 5.74) is 1.18. The lowest BCUT2D eigenvalue weighted by Gasteiger charge is -2.12. The lowest BCUT2D eigenvalue weighted by molar-refractivity contribution is 0.102. The highest BCUT2D eigenvalue weighted by atomic mass is 32.2. The Balaban J connectivity index is 1.87. The monoisotopic (exact) mass is 361 g/mol. The molecule has 1 aromatic carbocycles. The number of rotatable bonds is 6. The normalized spacial score (nSPS) is 14.2. The standard InChI is InChI=1S/C17H19N3O4S/c1-11-3-8-16(18-10-11)19-17(21)12-4-7-14(24-2)15(9-12)25(22,23)20-13-5-6-13/h3-4,7-10,13,20H,5-6H2,1-2H3,(H,18,19,21). The molecule has 1 aromatic heterocycles. The van der Waals surface area contributed by atoms with Crippen molar-refractivity contribution in [3.8, 4) is 5.75 Å². The molecule has 0 spiro atoms. The third-order valence-corrected chi connectivity index (χ3v) is 5.31. The Morgan fingerprint density at radius 2 is 2.00 bits per heavy atom. The molecule has 0 unspecified atom stereocenters. The van der Waals surface area contributed by atoms with E-state index in [1.54, 1.807) is 12.3 Å². The summed E-state index contributed by atoms with van der Waals surface area (Å²) in [5, 5.41) is 2.65. The van der Waals surface area contributed by atoms with Gasteiger partial charge in [-0.3, -0.25) is 4.79 Å². The largest absolute Gasteiger partial charge is 0.495 e. The van der Waals surface area contributed by atoms with Crippen LogP contribution in [0.4, 0.5) is 5.82 Å². The smallest absolute Gasteiger partial charge is 0.256 e. The Morgan fingerprint density at radius 3 is 2.60 bits per heavy atom. The number of carbonyl (C=O) groups is 1. The van der Waals surface area contributed by atoms with Gasteiger partial charge in [0.25, 0.3) is 5.91 Å². The number of aryl methyl sites for hydroxylation is 1. The summed E-state index contributed by atoms with van der Waals surface area (Å²) in [6.45, 7) is 1.89. The molecule has 3 rings (SSSR count). The summed E-state index contributed by atoms with van der Waals surface area (Å²) < 4.78 is 32.7. The van der Waals surface area contributed by atoms with Crippen molar-refractivity contribution in [2.45, 2.75) is 30.7 Å². The Labute approximate surface area is 146 Å². The first-order chi connectivity index (χ1) is 11.9. The highest BCUT2D eigenvalue weighted by molar-refractivity contribution is 7.89. The van der Waals surface area contributed by atoms with Crippen LogP contribution in [0.5, 0.6) is 5.75 Å². The zero-order chi connectivity index (χ0) is 18.0. The molecule has 1 fully saturated rings. The third-order valence-electron chi connectivity index (χ3n) is 3.77. The van der Waals surface area contributed by atoms with Crippen molar-refractivity contribution in [2.24, 2.45) is 0 Å².